The summed E-state index contributed by atoms with van der Waals surface area (Å²) in [6.45, 7) is 0.558. The third kappa shape index (κ3) is 6.30. The number of unbranched alkanes of at least 4 members (excludes halogenated alkanes) is 3. The Labute approximate surface area is 258 Å². The molecule has 0 aliphatic carbocycles. The van der Waals surface area contributed by atoms with Gasteiger partial charge in [-0.25, -0.2) is 9.97 Å². The van der Waals surface area contributed by atoms with E-state index in [2.05, 4.69) is 25.9 Å². The molecule has 4 heterocycles. The van der Waals surface area contributed by atoms with E-state index >= 15 is 0 Å². The minimum absolute atomic E-state index is 0.0693. The molecule has 2 aliphatic heterocycles. The average Bonchev–Trinajstić information content (AvgIpc) is 3.58. The lowest BCUT2D eigenvalue weighted by molar-refractivity contribution is -0.136. The maximum Gasteiger partial charge on any atom is 0.264 e. The van der Waals surface area contributed by atoms with Gasteiger partial charge in [0.2, 0.25) is 17.7 Å². The third-order valence-corrected chi connectivity index (χ3v) is 7.99. The zero-order chi connectivity index (χ0) is 31.3. The number of piperidine rings is 1. The number of rotatable bonds is 12. The van der Waals surface area contributed by atoms with Gasteiger partial charge in [0.1, 0.15) is 23.4 Å². The van der Waals surface area contributed by atoms with E-state index in [1.54, 1.807) is 36.7 Å². The molecule has 0 saturated carbocycles. The molecule has 3 N–H and O–H groups in total. The number of aromatic nitrogens is 2. The van der Waals surface area contributed by atoms with Crippen molar-refractivity contribution in [3.8, 4) is 0 Å². The molecule has 12 nitrogen and oxygen atoms in total. The predicted molar refractivity (Wildman–Crippen MR) is 163 cm³/mol. The number of amides is 5. The molecule has 12 heteroatoms. The van der Waals surface area contributed by atoms with Crippen molar-refractivity contribution in [1.29, 1.82) is 0 Å². The smallest absolute Gasteiger partial charge is 0.264 e. The lowest BCUT2D eigenvalue weighted by atomic mass is 10.0. The summed E-state index contributed by atoms with van der Waals surface area (Å²) in [5.74, 6) is -1.24. The number of carbonyl (C=O) groups excluding carboxylic acids is 5. The fourth-order valence-electron chi connectivity index (χ4n) is 5.75. The third-order valence-electron chi connectivity index (χ3n) is 7.99. The Bertz CT molecular complexity index is 1740. The van der Waals surface area contributed by atoms with E-state index in [1.807, 2.05) is 30.3 Å². The van der Waals surface area contributed by atoms with Crippen molar-refractivity contribution < 1.29 is 28.4 Å². The van der Waals surface area contributed by atoms with Gasteiger partial charge in [0, 0.05) is 42.9 Å². The van der Waals surface area contributed by atoms with E-state index in [-0.39, 0.29) is 29.9 Å². The highest BCUT2D eigenvalue weighted by molar-refractivity contribution is 6.25. The van der Waals surface area contributed by atoms with Crippen molar-refractivity contribution in [2.24, 2.45) is 0 Å². The van der Waals surface area contributed by atoms with Crippen molar-refractivity contribution in [3.63, 3.8) is 0 Å². The van der Waals surface area contributed by atoms with Crippen LogP contribution in [0.25, 0.3) is 11.0 Å². The van der Waals surface area contributed by atoms with Gasteiger partial charge in [0.15, 0.2) is 5.82 Å². The topological polar surface area (TPSA) is 164 Å². The minimum Gasteiger partial charge on any atom is -0.458 e. The van der Waals surface area contributed by atoms with E-state index in [0.29, 0.717) is 36.7 Å². The summed E-state index contributed by atoms with van der Waals surface area (Å²) in [7, 11) is 0. The van der Waals surface area contributed by atoms with E-state index < -0.39 is 35.7 Å². The van der Waals surface area contributed by atoms with Gasteiger partial charge in [0.05, 0.1) is 11.1 Å². The molecule has 0 radical (unpaired) electrons. The number of carbonyl (C=O) groups is 5. The summed E-state index contributed by atoms with van der Waals surface area (Å²) in [6, 6.07) is 14.6. The zero-order valence-corrected chi connectivity index (χ0v) is 24.5. The maximum absolute atomic E-state index is 13.2. The average molecular weight is 609 g/mol. The molecule has 2 aromatic heterocycles. The summed E-state index contributed by atoms with van der Waals surface area (Å²) in [5, 5.41) is 9.41. The number of furan rings is 1. The van der Waals surface area contributed by atoms with Gasteiger partial charge in [-0.1, -0.05) is 37.1 Å². The number of imide groups is 2. The first kappa shape index (κ1) is 29.7. The van der Waals surface area contributed by atoms with Gasteiger partial charge in [-0.05, 0) is 49.6 Å². The second-order valence-electron chi connectivity index (χ2n) is 11.1. The van der Waals surface area contributed by atoms with Gasteiger partial charge in [0.25, 0.3) is 11.8 Å². The highest BCUT2D eigenvalue weighted by Gasteiger charge is 2.45. The molecule has 45 heavy (non-hydrogen) atoms. The van der Waals surface area contributed by atoms with Crippen LogP contribution in [0.15, 0.2) is 71.4 Å². The fraction of sp³-hybridized carbons (Fsp3) is 0.303. The van der Waals surface area contributed by atoms with Crippen LogP contribution in [0.1, 0.15) is 83.3 Å². The fourth-order valence-corrected chi connectivity index (χ4v) is 5.75. The lowest BCUT2D eigenvalue weighted by Crippen LogP contribution is -2.54. The van der Waals surface area contributed by atoms with Gasteiger partial charge < -0.3 is 15.1 Å². The summed E-state index contributed by atoms with van der Waals surface area (Å²) < 4.78 is 6.00. The number of fused-ring (bicyclic) bond motifs is 2. The molecule has 4 aromatic rings. The first-order valence-electron chi connectivity index (χ1n) is 15.0. The second-order valence-corrected chi connectivity index (χ2v) is 11.1. The maximum atomic E-state index is 13.2. The van der Waals surface area contributed by atoms with Crippen LogP contribution >= 0.6 is 0 Å². The van der Waals surface area contributed by atoms with Crippen LogP contribution in [0.5, 0.6) is 0 Å². The largest absolute Gasteiger partial charge is 0.458 e. The normalized spacial score (nSPS) is 16.9. The number of nitrogens with zero attached hydrogens (tertiary/aromatic N) is 3. The van der Waals surface area contributed by atoms with Crippen molar-refractivity contribution in [3.05, 3.63) is 89.7 Å². The van der Waals surface area contributed by atoms with Gasteiger partial charge in [-0.2, -0.15) is 0 Å². The Hall–Kier alpha value is -5.39. The van der Waals surface area contributed by atoms with Crippen LogP contribution in [0.4, 0.5) is 5.69 Å². The SMILES string of the molecule is O=C1CCC(N2C(=O)c3cccc(NCCCCCCC(=O)NC(c4ncccn4)c4cc5ccccc5o4)c3C2=O)C(=O)N1. The quantitative estimate of drug-likeness (QED) is 0.160. The Balaban J connectivity index is 0.978. The highest BCUT2D eigenvalue weighted by Crippen LogP contribution is 2.32. The summed E-state index contributed by atoms with van der Waals surface area (Å²) in [5.41, 5.74) is 1.73. The molecule has 0 spiro atoms. The molecule has 230 valence electrons. The van der Waals surface area contributed by atoms with Crippen LogP contribution in [-0.2, 0) is 14.4 Å². The van der Waals surface area contributed by atoms with Crippen LogP contribution in [0.2, 0.25) is 0 Å². The first-order chi connectivity index (χ1) is 21.9. The zero-order valence-electron chi connectivity index (χ0n) is 24.5. The Kier molecular flexibility index (Phi) is 8.63. The van der Waals surface area contributed by atoms with Crippen molar-refractivity contribution in [2.45, 2.75) is 57.0 Å². The van der Waals surface area contributed by atoms with E-state index in [4.69, 9.17) is 4.42 Å². The summed E-state index contributed by atoms with van der Waals surface area (Å²) in [6.07, 6.45) is 6.90. The molecule has 2 atom stereocenters. The number of para-hydroxylation sites is 1. The van der Waals surface area contributed by atoms with Gasteiger partial charge in [-0.15, -0.1) is 0 Å². The van der Waals surface area contributed by atoms with Crippen molar-refractivity contribution in [1.82, 2.24) is 25.5 Å². The van der Waals surface area contributed by atoms with Crippen LogP contribution < -0.4 is 16.0 Å². The number of benzene rings is 2. The number of nitrogens with one attached hydrogen (secondary N) is 3. The lowest BCUT2D eigenvalue weighted by Gasteiger charge is -2.27. The molecule has 2 aliphatic rings. The molecular formula is C33H32N6O6. The number of anilines is 1. The number of hydrogen-bond donors (Lipinski definition) is 3. The minimum atomic E-state index is -1.01. The van der Waals surface area contributed by atoms with Gasteiger partial charge in [-0.3, -0.25) is 34.2 Å². The van der Waals surface area contributed by atoms with E-state index in [1.165, 1.54) is 0 Å². The molecule has 1 fully saturated rings. The molecule has 2 aromatic carbocycles. The Morgan fingerprint density at radius 1 is 0.956 bits per heavy atom. The van der Waals surface area contributed by atoms with Crippen LogP contribution in [-0.4, -0.2) is 57.0 Å². The second kappa shape index (κ2) is 13.1. The summed E-state index contributed by atoms with van der Waals surface area (Å²) in [4.78, 5) is 72.7. The summed E-state index contributed by atoms with van der Waals surface area (Å²) >= 11 is 0. The van der Waals surface area contributed by atoms with Crippen molar-refractivity contribution in [2.75, 3.05) is 11.9 Å². The van der Waals surface area contributed by atoms with E-state index in [9.17, 15) is 24.0 Å². The molecule has 1 saturated heterocycles. The number of hydrogen-bond acceptors (Lipinski definition) is 9. The molecule has 0 bridgehead atoms. The monoisotopic (exact) mass is 608 g/mol. The van der Waals surface area contributed by atoms with Crippen LogP contribution in [0.3, 0.4) is 0 Å². The highest BCUT2D eigenvalue weighted by atomic mass is 16.3. The molecule has 2 unspecified atom stereocenters. The standard InChI is InChI=1S/C33H32N6O6/c40-26(37-29(30-35-17-8-18-36-30)25-19-20-9-4-5-12-24(20)45-25)13-3-1-2-6-16-34-22-11-7-10-21-28(22)33(44)39(32(21)43)23-14-15-27(41)38-31(23)42/h4-5,7-12,17-19,23,29,34H,1-3,6,13-16H2,(H,37,40)(H,38,41,42). The molecule has 5 amide bonds. The molecular weight excluding hydrogens is 576 g/mol. The predicted octanol–water partition coefficient (Wildman–Crippen LogP) is 3.89. The Morgan fingerprint density at radius 2 is 1.76 bits per heavy atom. The first-order valence-corrected chi connectivity index (χ1v) is 15.0. The Morgan fingerprint density at radius 3 is 2.56 bits per heavy atom. The van der Waals surface area contributed by atoms with Crippen molar-refractivity contribution >= 4 is 46.2 Å². The van der Waals surface area contributed by atoms with Crippen LogP contribution in [0, 0.1) is 0 Å². The molecule has 6 rings (SSSR count). The van der Waals surface area contributed by atoms with Gasteiger partial charge >= 0.3 is 0 Å². The van der Waals surface area contributed by atoms with E-state index in [0.717, 1.165) is 35.1 Å².